The van der Waals surface area contributed by atoms with E-state index in [4.69, 9.17) is 14.5 Å². The number of para-hydroxylation sites is 1. The Hall–Kier alpha value is -1.82. The van der Waals surface area contributed by atoms with E-state index in [1.165, 1.54) is 32.1 Å². The van der Waals surface area contributed by atoms with E-state index in [9.17, 15) is 4.79 Å². The van der Waals surface area contributed by atoms with Crippen LogP contribution in [0.4, 0.5) is 5.13 Å². The van der Waals surface area contributed by atoms with E-state index in [1.807, 2.05) is 12.1 Å². The Morgan fingerprint density at radius 2 is 2.04 bits per heavy atom. The number of hydrogen-bond donors (Lipinski definition) is 0. The molecule has 2 aromatic rings. The van der Waals surface area contributed by atoms with Crippen molar-refractivity contribution in [3.63, 3.8) is 0 Å². The van der Waals surface area contributed by atoms with Gasteiger partial charge < -0.3 is 14.4 Å². The summed E-state index contributed by atoms with van der Waals surface area (Å²) in [7, 11) is 1.67. The number of esters is 1. The molecule has 2 aliphatic rings. The lowest BCUT2D eigenvalue weighted by atomic mass is 9.80. The van der Waals surface area contributed by atoms with Crippen LogP contribution in [0.5, 0.6) is 5.75 Å². The molecular formula is C22H30N2O3S. The van der Waals surface area contributed by atoms with Gasteiger partial charge >= 0.3 is 5.97 Å². The van der Waals surface area contributed by atoms with E-state index in [-0.39, 0.29) is 18.0 Å². The van der Waals surface area contributed by atoms with Crippen molar-refractivity contribution in [3.05, 3.63) is 18.2 Å². The number of aromatic nitrogens is 1. The average molecular weight is 403 g/mol. The van der Waals surface area contributed by atoms with Crippen molar-refractivity contribution >= 4 is 32.7 Å². The number of methoxy groups -OCH3 is 1. The molecule has 1 saturated carbocycles. The van der Waals surface area contributed by atoms with E-state index < -0.39 is 0 Å². The largest absolute Gasteiger partial charge is 0.494 e. The maximum atomic E-state index is 12.5. The summed E-state index contributed by atoms with van der Waals surface area (Å²) in [5.41, 5.74) is 0.908. The topological polar surface area (TPSA) is 51.7 Å². The minimum absolute atomic E-state index is 0.000720. The third-order valence-corrected chi connectivity index (χ3v) is 7.22. The number of unbranched alkanes of at least 4 members (excludes halogenated alkanes) is 1. The minimum Gasteiger partial charge on any atom is -0.494 e. The molecule has 1 saturated heterocycles. The number of hydrogen-bond acceptors (Lipinski definition) is 6. The highest BCUT2D eigenvalue weighted by Gasteiger charge is 2.35. The van der Waals surface area contributed by atoms with Crippen LogP contribution in [0.25, 0.3) is 10.2 Å². The van der Waals surface area contributed by atoms with Gasteiger partial charge in [0.15, 0.2) is 5.13 Å². The Labute approximate surface area is 171 Å². The fraction of sp³-hybridized carbons (Fsp3) is 0.636. The number of nitrogens with zero attached hydrogens (tertiary/aromatic N) is 2. The van der Waals surface area contributed by atoms with E-state index >= 15 is 0 Å². The molecule has 0 unspecified atom stereocenters. The van der Waals surface area contributed by atoms with Gasteiger partial charge in [0.2, 0.25) is 0 Å². The van der Waals surface area contributed by atoms with Gasteiger partial charge in [-0.15, -0.1) is 0 Å². The summed E-state index contributed by atoms with van der Waals surface area (Å²) in [6.07, 6.45) is 8.27. The van der Waals surface area contributed by atoms with Crippen LogP contribution in [0, 0.1) is 11.8 Å². The first-order valence-electron chi connectivity index (χ1n) is 10.6. The molecule has 5 nitrogen and oxygen atoms in total. The van der Waals surface area contributed by atoms with Gasteiger partial charge in [0.05, 0.1) is 30.8 Å². The molecule has 1 aromatic carbocycles. The number of anilines is 1. The number of ether oxygens (including phenoxy) is 2. The number of thiazole rings is 1. The lowest BCUT2D eigenvalue weighted by molar-refractivity contribution is -0.156. The maximum Gasteiger partial charge on any atom is 0.309 e. The molecule has 1 aromatic heterocycles. The molecule has 0 bridgehead atoms. The lowest BCUT2D eigenvalue weighted by Gasteiger charge is -2.39. The van der Waals surface area contributed by atoms with Crippen LogP contribution in [0.15, 0.2) is 18.2 Å². The Bertz CT molecular complexity index is 807. The Balaban J connectivity index is 1.25. The molecule has 6 heteroatoms. The summed E-state index contributed by atoms with van der Waals surface area (Å²) in [6, 6.07) is 5.98. The first kappa shape index (κ1) is 19.5. The quantitative estimate of drug-likeness (QED) is 0.608. The number of carbonyl (C=O) groups is 1. The van der Waals surface area contributed by atoms with Crippen molar-refractivity contribution in [3.8, 4) is 5.75 Å². The molecule has 2 heterocycles. The highest BCUT2D eigenvalue weighted by atomic mass is 32.1. The Morgan fingerprint density at radius 3 is 2.75 bits per heavy atom. The molecule has 1 aliphatic carbocycles. The van der Waals surface area contributed by atoms with Crippen LogP contribution in [-0.4, -0.2) is 37.3 Å². The summed E-state index contributed by atoms with van der Waals surface area (Å²) >= 11 is 1.66. The second-order valence-corrected chi connectivity index (χ2v) is 9.14. The van der Waals surface area contributed by atoms with Gasteiger partial charge in [-0.3, -0.25) is 4.79 Å². The van der Waals surface area contributed by atoms with Crippen LogP contribution in [0.1, 0.15) is 51.9 Å². The SMILES string of the molecule is CCCCC1CCC(C(=O)OC2CN(c3nc4c(OC)cccc4s3)C2)CC1. The molecule has 0 spiro atoms. The molecule has 28 heavy (non-hydrogen) atoms. The van der Waals surface area contributed by atoms with Crippen molar-refractivity contribution in [2.24, 2.45) is 11.8 Å². The molecule has 0 amide bonds. The predicted molar refractivity (Wildman–Crippen MR) is 113 cm³/mol. The molecular weight excluding hydrogens is 372 g/mol. The summed E-state index contributed by atoms with van der Waals surface area (Å²) in [5.74, 6) is 1.75. The Morgan fingerprint density at radius 1 is 1.25 bits per heavy atom. The molecule has 1 aliphatic heterocycles. The second-order valence-electron chi connectivity index (χ2n) is 8.13. The van der Waals surface area contributed by atoms with Gasteiger partial charge in [-0.1, -0.05) is 43.6 Å². The van der Waals surface area contributed by atoms with Crippen LogP contribution in [-0.2, 0) is 9.53 Å². The smallest absolute Gasteiger partial charge is 0.309 e. The van der Waals surface area contributed by atoms with Crippen LogP contribution in [0.3, 0.4) is 0 Å². The van der Waals surface area contributed by atoms with Crippen molar-refractivity contribution in [1.29, 1.82) is 0 Å². The zero-order valence-electron chi connectivity index (χ0n) is 16.9. The van der Waals surface area contributed by atoms with Crippen molar-refractivity contribution in [2.75, 3.05) is 25.1 Å². The maximum absolute atomic E-state index is 12.5. The zero-order chi connectivity index (χ0) is 19.5. The molecule has 0 N–H and O–H groups in total. The first-order valence-corrected chi connectivity index (χ1v) is 11.4. The van der Waals surface area contributed by atoms with E-state index in [0.29, 0.717) is 0 Å². The number of rotatable bonds is 7. The summed E-state index contributed by atoms with van der Waals surface area (Å²) < 4.78 is 12.3. The number of fused-ring (bicyclic) bond motifs is 1. The zero-order valence-corrected chi connectivity index (χ0v) is 17.7. The van der Waals surface area contributed by atoms with Gasteiger partial charge in [0.1, 0.15) is 17.4 Å². The van der Waals surface area contributed by atoms with Gasteiger partial charge in [-0.2, -0.15) is 0 Å². The second kappa shape index (κ2) is 8.68. The van der Waals surface area contributed by atoms with Crippen molar-refractivity contribution < 1.29 is 14.3 Å². The highest BCUT2D eigenvalue weighted by Crippen LogP contribution is 2.37. The van der Waals surface area contributed by atoms with Gasteiger partial charge in [-0.25, -0.2) is 4.98 Å². The third kappa shape index (κ3) is 4.12. The third-order valence-electron chi connectivity index (χ3n) is 6.14. The monoisotopic (exact) mass is 402 g/mol. The molecule has 0 radical (unpaired) electrons. The van der Waals surface area contributed by atoms with Crippen molar-refractivity contribution in [2.45, 2.75) is 58.0 Å². The van der Waals surface area contributed by atoms with Crippen LogP contribution < -0.4 is 9.64 Å². The van der Waals surface area contributed by atoms with Crippen LogP contribution in [0.2, 0.25) is 0 Å². The van der Waals surface area contributed by atoms with Crippen molar-refractivity contribution in [1.82, 2.24) is 4.98 Å². The number of carbonyl (C=O) groups excluding carboxylic acids is 1. The molecule has 152 valence electrons. The summed E-state index contributed by atoms with van der Waals surface area (Å²) in [6.45, 7) is 3.72. The van der Waals surface area contributed by atoms with Crippen LogP contribution >= 0.6 is 11.3 Å². The summed E-state index contributed by atoms with van der Waals surface area (Å²) in [5, 5.41) is 0.975. The highest BCUT2D eigenvalue weighted by molar-refractivity contribution is 7.22. The first-order chi connectivity index (χ1) is 13.7. The molecule has 4 rings (SSSR count). The van der Waals surface area contributed by atoms with E-state index in [1.54, 1.807) is 18.4 Å². The average Bonchev–Trinajstić information content (AvgIpc) is 3.12. The standard InChI is InChI=1S/C22H30N2O3S/c1-3-4-6-15-9-11-16(12-10-15)21(25)27-17-13-24(14-17)22-23-20-18(26-2)7-5-8-19(20)28-22/h5,7-8,15-17H,3-4,6,9-14H2,1-2H3. The number of benzene rings is 1. The normalized spacial score (nSPS) is 22.9. The van der Waals surface area contributed by atoms with Gasteiger partial charge in [0, 0.05) is 0 Å². The van der Waals surface area contributed by atoms with Gasteiger partial charge in [0.25, 0.3) is 0 Å². The van der Waals surface area contributed by atoms with Gasteiger partial charge in [-0.05, 0) is 43.7 Å². The fourth-order valence-electron chi connectivity index (χ4n) is 4.32. The lowest BCUT2D eigenvalue weighted by Crippen LogP contribution is -2.53. The van der Waals surface area contributed by atoms with E-state index in [2.05, 4.69) is 17.9 Å². The molecule has 0 atom stereocenters. The summed E-state index contributed by atoms with van der Waals surface area (Å²) in [4.78, 5) is 19.4. The predicted octanol–water partition coefficient (Wildman–Crippen LogP) is 5.03. The fourth-order valence-corrected chi connectivity index (χ4v) is 5.32. The van der Waals surface area contributed by atoms with E-state index in [0.717, 1.165) is 52.9 Å². The minimum atomic E-state index is -0.000720. The Kier molecular flexibility index (Phi) is 6.04. The molecule has 2 fully saturated rings.